The molecule has 19 heavy (non-hydrogen) atoms. The Morgan fingerprint density at radius 1 is 1.63 bits per heavy atom. The molecule has 0 aromatic carbocycles. The first kappa shape index (κ1) is 14.4. The molecule has 0 saturated carbocycles. The second-order valence-corrected chi connectivity index (χ2v) is 6.34. The van der Waals surface area contributed by atoms with Crippen LogP contribution in [0.2, 0.25) is 0 Å². The molecule has 1 aromatic rings. The van der Waals surface area contributed by atoms with Crippen LogP contribution in [0.15, 0.2) is 5.38 Å². The third-order valence-electron chi connectivity index (χ3n) is 3.48. The van der Waals surface area contributed by atoms with Crippen LogP contribution in [0.4, 0.5) is 0 Å². The van der Waals surface area contributed by atoms with Crippen LogP contribution in [0.1, 0.15) is 17.1 Å². The molecular formula is C13H22N4OS. The van der Waals surface area contributed by atoms with Crippen molar-refractivity contribution < 1.29 is 4.79 Å². The van der Waals surface area contributed by atoms with Crippen LogP contribution in [-0.4, -0.2) is 60.5 Å². The molecule has 5 nitrogen and oxygen atoms in total. The number of amides is 1. The average Bonchev–Trinajstić information content (AvgIpc) is 2.96. The maximum absolute atomic E-state index is 11.9. The molecule has 0 radical (unpaired) electrons. The zero-order valence-corrected chi connectivity index (χ0v) is 12.7. The molecule has 106 valence electrons. The number of aryl methyl sites for hydroxylation is 1. The summed E-state index contributed by atoms with van der Waals surface area (Å²) in [6, 6.07) is 0.578. The highest BCUT2D eigenvalue weighted by Gasteiger charge is 2.25. The lowest BCUT2D eigenvalue weighted by Crippen LogP contribution is -2.38. The van der Waals surface area contributed by atoms with Crippen molar-refractivity contribution in [3.8, 4) is 0 Å². The fourth-order valence-corrected chi connectivity index (χ4v) is 2.93. The minimum atomic E-state index is 0.0880. The van der Waals surface area contributed by atoms with Crippen LogP contribution in [0.25, 0.3) is 0 Å². The first-order valence-corrected chi connectivity index (χ1v) is 7.49. The molecular weight excluding hydrogens is 260 g/mol. The third kappa shape index (κ3) is 4.26. The Balaban J connectivity index is 1.70. The molecule has 1 atom stereocenters. The highest BCUT2D eigenvalue weighted by molar-refractivity contribution is 7.09. The average molecular weight is 282 g/mol. The van der Waals surface area contributed by atoms with E-state index in [0.717, 1.165) is 30.2 Å². The van der Waals surface area contributed by atoms with Crippen molar-refractivity contribution in [2.24, 2.45) is 0 Å². The van der Waals surface area contributed by atoms with Gasteiger partial charge in [-0.05, 0) is 27.4 Å². The van der Waals surface area contributed by atoms with Crippen LogP contribution in [-0.2, 0) is 11.3 Å². The minimum absolute atomic E-state index is 0.0880. The largest absolute Gasteiger partial charge is 0.349 e. The normalized spacial score (nSPS) is 20.1. The minimum Gasteiger partial charge on any atom is -0.349 e. The number of likely N-dealkylation sites (N-methyl/N-ethyl adjacent to an activating group) is 1. The van der Waals surface area contributed by atoms with Crippen molar-refractivity contribution in [2.75, 3.05) is 33.7 Å². The molecule has 0 aliphatic carbocycles. The summed E-state index contributed by atoms with van der Waals surface area (Å²) in [5, 5.41) is 5.97. The van der Waals surface area contributed by atoms with Crippen molar-refractivity contribution in [1.29, 1.82) is 0 Å². The van der Waals surface area contributed by atoms with Gasteiger partial charge in [-0.3, -0.25) is 9.69 Å². The Hall–Kier alpha value is -0.980. The summed E-state index contributed by atoms with van der Waals surface area (Å²) in [6.45, 7) is 4.99. The number of carbonyl (C=O) groups excluding carboxylic acids is 1. The molecule has 1 fully saturated rings. The van der Waals surface area contributed by atoms with Gasteiger partial charge >= 0.3 is 0 Å². The second-order valence-electron chi connectivity index (χ2n) is 5.28. The Labute approximate surface area is 118 Å². The Morgan fingerprint density at radius 3 is 3.00 bits per heavy atom. The molecule has 2 heterocycles. The maximum atomic E-state index is 11.9. The lowest BCUT2D eigenvalue weighted by molar-refractivity contribution is -0.122. The molecule has 6 heteroatoms. The van der Waals surface area contributed by atoms with Crippen molar-refractivity contribution in [3.05, 3.63) is 16.1 Å². The van der Waals surface area contributed by atoms with Gasteiger partial charge < -0.3 is 10.2 Å². The van der Waals surface area contributed by atoms with Gasteiger partial charge in [0.05, 0.1) is 23.8 Å². The molecule has 1 aliphatic heterocycles. The van der Waals surface area contributed by atoms with Gasteiger partial charge in [-0.2, -0.15) is 0 Å². The Kier molecular flexibility index (Phi) is 4.90. The summed E-state index contributed by atoms with van der Waals surface area (Å²) in [6.07, 6.45) is 1.14. The number of hydrogen-bond donors (Lipinski definition) is 1. The predicted molar refractivity (Wildman–Crippen MR) is 77.2 cm³/mol. The number of hydrogen-bond acceptors (Lipinski definition) is 5. The van der Waals surface area contributed by atoms with Crippen molar-refractivity contribution >= 4 is 17.2 Å². The first-order valence-electron chi connectivity index (χ1n) is 6.61. The van der Waals surface area contributed by atoms with Gasteiger partial charge in [0.2, 0.25) is 5.91 Å². The van der Waals surface area contributed by atoms with Gasteiger partial charge in [0.15, 0.2) is 0 Å². The molecule has 2 rings (SSSR count). The fraction of sp³-hybridized carbons (Fsp3) is 0.692. The van der Waals surface area contributed by atoms with E-state index in [9.17, 15) is 4.79 Å². The number of nitrogens with one attached hydrogen (secondary N) is 1. The summed E-state index contributed by atoms with van der Waals surface area (Å²) in [7, 11) is 4.19. The van der Waals surface area contributed by atoms with Crippen LogP contribution >= 0.6 is 11.3 Å². The molecule has 1 amide bonds. The summed E-state index contributed by atoms with van der Waals surface area (Å²) in [5.74, 6) is 0.0880. The number of rotatable bonds is 5. The van der Waals surface area contributed by atoms with E-state index in [2.05, 4.69) is 34.2 Å². The number of carbonyl (C=O) groups is 1. The third-order valence-corrected chi connectivity index (χ3v) is 4.30. The van der Waals surface area contributed by atoms with E-state index in [0.29, 0.717) is 19.1 Å². The van der Waals surface area contributed by atoms with Crippen LogP contribution < -0.4 is 5.32 Å². The summed E-state index contributed by atoms with van der Waals surface area (Å²) >= 11 is 1.61. The van der Waals surface area contributed by atoms with E-state index in [4.69, 9.17) is 0 Å². The van der Waals surface area contributed by atoms with Crippen LogP contribution in [0, 0.1) is 6.92 Å². The number of aromatic nitrogens is 1. The molecule has 1 saturated heterocycles. The standard InChI is InChI=1S/C13H22N4OS/c1-10-15-11(9-19-10)6-14-13(18)8-17-5-4-12(7-17)16(2)3/h9,12H,4-8H2,1-3H3,(H,14,18). The number of thiazole rings is 1. The van der Waals surface area contributed by atoms with Gasteiger partial charge in [-0.25, -0.2) is 4.98 Å². The molecule has 0 bridgehead atoms. The summed E-state index contributed by atoms with van der Waals surface area (Å²) in [4.78, 5) is 20.6. The highest BCUT2D eigenvalue weighted by atomic mass is 32.1. The van der Waals surface area contributed by atoms with Crippen LogP contribution in [0.5, 0.6) is 0 Å². The topological polar surface area (TPSA) is 48.5 Å². The van der Waals surface area contributed by atoms with Crippen molar-refractivity contribution in [1.82, 2.24) is 20.1 Å². The van der Waals surface area contributed by atoms with Gasteiger partial charge in [-0.15, -0.1) is 11.3 Å². The number of nitrogens with zero attached hydrogens (tertiary/aromatic N) is 3. The molecule has 1 N–H and O–H groups in total. The van der Waals surface area contributed by atoms with E-state index in [1.807, 2.05) is 12.3 Å². The Bertz CT molecular complexity index is 432. The number of likely N-dealkylation sites (tertiary alicyclic amines) is 1. The quantitative estimate of drug-likeness (QED) is 0.864. The molecule has 1 aromatic heterocycles. The van der Waals surface area contributed by atoms with Gasteiger partial charge in [0, 0.05) is 24.5 Å². The summed E-state index contributed by atoms with van der Waals surface area (Å²) < 4.78 is 0. The van der Waals surface area contributed by atoms with E-state index in [1.165, 1.54) is 0 Å². The zero-order valence-electron chi connectivity index (χ0n) is 11.8. The molecule has 0 spiro atoms. The van der Waals surface area contributed by atoms with E-state index < -0.39 is 0 Å². The smallest absolute Gasteiger partial charge is 0.234 e. The highest BCUT2D eigenvalue weighted by Crippen LogP contribution is 2.12. The zero-order chi connectivity index (χ0) is 13.8. The fourth-order valence-electron chi connectivity index (χ4n) is 2.31. The van der Waals surface area contributed by atoms with E-state index >= 15 is 0 Å². The summed E-state index contributed by atoms with van der Waals surface area (Å²) in [5.41, 5.74) is 0.948. The first-order chi connectivity index (χ1) is 9.04. The maximum Gasteiger partial charge on any atom is 0.234 e. The molecule has 1 aliphatic rings. The predicted octanol–water partition coefficient (Wildman–Crippen LogP) is 0.704. The van der Waals surface area contributed by atoms with E-state index in [-0.39, 0.29) is 5.91 Å². The monoisotopic (exact) mass is 282 g/mol. The second kappa shape index (κ2) is 6.45. The SMILES string of the molecule is Cc1nc(CNC(=O)CN2CCC(N(C)C)C2)cs1. The Morgan fingerprint density at radius 2 is 2.42 bits per heavy atom. The molecule has 1 unspecified atom stereocenters. The van der Waals surface area contributed by atoms with Gasteiger partial charge in [0.25, 0.3) is 0 Å². The van der Waals surface area contributed by atoms with Crippen LogP contribution in [0.3, 0.4) is 0 Å². The van der Waals surface area contributed by atoms with Crippen molar-refractivity contribution in [2.45, 2.75) is 25.9 Å². The van der Waals surface area contributed by atoms with Gasteiger partial charge in [-0.1, -0.05) is 0 Å². The van der Waals surface area contributed by atoms with E-state index in [1.54, 1.807) is 11.3 Å². The van der Waals surface area contributed by atoms with Gasteiger partial charge in [0.1, 0.15) is 0 Å². The van der Waals surface area contributed by atoms with Crippen molar-refractivity contribution in [3.63, 3.8) is 0 Å². The lowest BCUT2D eigenvalue weighted by Gasteiger charge is -2.19. The lowest BCUT2D eigenvalue weighted by atomic mass is 10.2.